The Bertz CT molecular complexity index is 992. The molecule has 160 valence electrons. The molecule has 0 bridgehead atoms. The second-order valence-electron chi connectivity index (χ2n) is 7.98. The fourth-order valence-electron chi connectivity index (χ4n) is 4.22. The molecule has 2 aliphatic rings. The molecule has 0 saturated carbocycles. The van der Waals surface area contributed by atoms with E-state index in [1.165, 1.54) is 4.90 Å². The number of piperazine rings is 1. The van der Waals surface area contributed by atoms with Crippen LogP contribution in [0.2, 0.25) is 0 Å². The van der Waals surface area contributed by atoms with E-state index in [2.05, 4.69) is 39.8 Å². The third kappa shape index (κ3) is 3.75. The number of hydrogen-bond donors (Lipinski definition) is 3. The predicted molar refractivity (Wildman–Crippen MR) is 113 cm³/mol. The first-order chi connectivity index (χ1) is 14.3. The van der Waals surface area contributed by atoms with Crippen LogP contribution in [0, 0.1) is 0 Å². The molecule has 1 aromatic heterocycles. The zero-order valence-electron chi connectivity index (χ0n) is 17.4. The van der Waals surface area contributed by atoms with Crippen LogP contribution in [0.4, 0.5) is 16.3 Å². The van der Waals surface area contributed by atoms with E-state index >= 15 is 0 Å². The van der Waals surface area contributed by atoms with E-state index in [4.69, 9.17) is 0 Å². The smallest absolute Gasteiger partial charge is 0.323 e. The van der Waals surface area contributed by atoms with E-state index < -0.39 is 6.03 Å². The Hall–Kier alpha value is -2.98. The summed E-state index contributed by atoms with van der Waals surface area (Å²) < 4.78 is 1.65. The number of carbonyl (C=O) groups excluding carboxylic acids is 3. The molecule has 2 atom stereocenters. The Morgan fingerprint density at radius 3 is 2.67 bits per heavy atom. The van der Waals surface area contributed by atoms with Crippen LogP contribution in [0.5, 0.6) is 0 Å². The largest absolute Gasteiger partial charge is 0.329 e. The van der Waals surface area contributed by atoms with Gasteiger partial charge < -0.3 is 10.6 Å². The molecule has 2 fully saturated rings. The molecular weight excluding hydrogens is 386 g/mol. The molecule has 1 aromatic carbocycles. The molecule has 10 nitrogen and oxygen atoms in total. The van der Waals surface area contributed by atoms with Crippen molar-refractivity contribution in [3.8, 4) is 0 Å². The lowest BCUT2D eigenvalue weighted by atomic mass is 10.1. The third-order valence-corrected chi connectivity index (χ3v) is 5.77. The van der Waals surface area contributed by atoms with Crippen LogP contribution in [0.25, 0.3) is 10.9 Å². The van der Waals surface area contributed by atoms with E-state index in [9.17, 15) is 14.4 Å². The average molecular weight is 413 g/mol. The number of aryl methyl sites for hydroxylation is 1. The van der Waals surface area contributed by atoms with Gasteiger partial charge in [0.1, 0.15) is 0 Å². The number of anilines is 2. The summed E-state index contributed by atoms with van der Waals surface area (Å²) in [6, 6.07) is 5.58. The highest BCUT2D eigenvalue weighted by Crippen LogP contribution is 2.31. The van der Waals surface area contributed by atoms with E-state index in [0.717, 1.165) is 24.0 Å². The first kappa shape index (κ1) is 20.3. The van der Waals surface area contributed by atoms with Crippen LogP contribution in [0.3, 0.4) is 0 Å². The maximum absolute atomic E-state index is 12.8. The van der Waals surface area contributed by atoms with Crippen molar-refractivity contribution in [2.24, 2.45) is 7.05 Å². The number of para-hydroxylation sites is 1. The summed E-state index contributed by atoms with van der Waals surface area (Å²) in [5.74, 6) is 0.0888. The van der Waals surface area contributed by atoms with Gasteiger partial charge in [-0.15, -0.1) is 0 Å². The van der Waals surface area contributed by atoms with Crippen LogP contribution in [0.1, 0.15) is 20.3 Å². The first-order valence-electron chi connectivity index (χ1n) is 10.2. The number of amides is 4. The number of carbonyl (C=O) groups is 3. The highest BCUT2D eigenvalue weighted by atomic mass is 16.2. The van der Waals surface area contributed by atoms with Crippen molar-refractivity contribution < 1.29 is 14.4 Å². The molecule has 0 aliphatic carbocycles. The molecule has 30 heavy (non-hydrogen) atoms. The van der Waals surface area contributed by atoms with Crippen molar-refractivity contribution in [1.29, 1.82) is 0 Å². The van der Waals surface area contributed by atoms with Crippen LogP contribution in [0.15, 0.2) is 18.2 Å². The summed E-state index contributed by atoms with van der Waals surface area (Å²) in [6.07, 6.45) is 0.224. The van der Waals surface area contributed by atoms with Crippen LogP contribution >= 0.6 is 0 Å². The van der Waals surface area contributed by atoms with Gasteiger partial charge in [0.2, 0.25) is 11.8 Å². The fraction of sp³-hybridized carbons (Fsp3) is 0.500. The summed E-state index contributed by atoms with van der Waals surface area (Å²) in [4.78, 5) is 40.2. The Balaban J connectivity index is 1.58. The van der Waals surface area contributed by atoms with Crippen molar-refractivity contribution in [3.05, 3.63) is 18.2 Å². The normalized spacial score (nSPS) is 23.0. The third-order valence-electron chi connectivity index (χ3n) is 5.77. The number of fused-ring (bicyclic) bond motifs is 1. The maximum Gasteiger partial charge on any atom is 0.329 e. The van der Waals surface area contributed by atoms with Gasteiger partial charge in [-0.25, -0.2) is 4.79 Å². The monoisotopic (exact) mass is 413 g/mol. The molecule has 4 rings (SSSR count). The Morgan fingerprint density at radius 2 is 1.97 bits per heavy atom. The number of aromatic nitrogens is 2. The zero-order chi connectivity index (χ0) is 21.4. The van der Waals surface area contributed by atoms with Crippen molar-refractivity contribution in [2.75, 3.05) is 36.4 Å². The highest BCUT2D eigenvalue weighted by Gasteiger charge is 2.29. The number of urea groups is 1. The van der Waals surface area contributed by atoms with Gasteiger partial charge in [0.25, 0.3) is 0 Å². The number of rotatable bonds is 4. The van der Waals surface area contributed by atoms with Gasteiger partial charge in [0.15, 0.2) is 5.82 Å². The van der Waals surface area contributed by atoms with Crippen molar-refractivity contribution in [1.82, 2.24) is 25.3 Å². The van der Waals surface area contributed by atoms with E-state index in [1.807, 2.05) is 18.2 Å². The minimum Gasteiger partial charge on any atom is -0.323 e. The number of hydrogen-bond acceptors (Lipinski definition) is 6. The maximum atomic E-state index is 12.8. The van der Waals surface area contributed by atoms with Crippen LogP contribution in [-0.2, 0) is 16.6 Å². The average Bonchev–Trinajstić information content (AvgIpc) is 3.02. The number of nitrogens with zero attached hydrogens (tertiary/aromatic N) is 4. The van der Waals surface area contributed by atoms with Crippen LogP contribution < -0.4 is 20.9 Å². The lowest BCUT2D eigenvalue weighted by molar-refractivity contribution is -0.120. The molecule has 0 unspecified atom stereocenters. The Morgan fingerprint density at radius 1 is 1.23 bits per heavy atom. The lowest BCUT2D eigenvalue weighted by Crippen LogP contribution is -2.56. The summed E-state index contributed by atoms with van der Waals surface area (Å²) in [5, 5.41) is 13.9. The molecule has 0 spiro atoms. The minimum absolute atomic E-state index is 0.0906. The highest BCUT2D eigenvalue weighted by molar-refractivity contribution is 6.11. The molecule has 10 heteroatoms. The first-order valence-corrected chi connectivity index (χ1v) is 10.2. The van der Waals surface area contributed by atoms with E-state index in [-0.39, 0.29) is 36.9 Å². The Kier molecular flexibility index (Phi) is 5.44. The molecule has 3 heterocycles. The molecule has 0 radical (unpaired) electrons. The van der Waals surface area contributed by atoms with Gasteiger partial charge in [0.05, 0.1) is 17.7 Å². The van der Waals surface area contributed by atoms with Crippen molar-refractivity contribution in [3.63, 3.8) is 0 Å². The van der Waals surface area contributed by atoms with E-state index in [0.29, 0.717) is 18.1 Å². The topological polar surface area (TPSA) is 112 Å². The summed E-state index contributed by atoms with van der Waals surface area (Å²) in [5.41, 5.74) is 1.37. The molecule has 2 saturated heterocycles. The van der Waals surface area contributed by atoms with Gasteiger partial charge in [0, 0.05) is 50.6 Å². The second kappa shape index (κ2) is 8.04. The van der Waals surface area contributed by atoms with Gasteiger partial charge in [-0.3, -0.25) is 29.4 Å². The summed E-state index contributed by atoms with van der Waals surface area (Å²) in [6.45, 7) is 6.52. The van der Waals surface area contributed by atoms with Gasteiger partial charge in [-0.1, -0.05) is 6.07 Å². The van der Waals surface area contributed by atoms with Gasteiger partial charge in [-0.2, -0.15) is 5.10 Å². The van der Waals surface area contributed by atoms with Crippen LogP contribution in [-0.4, -0.2) is 70.8 Å². The van der Waals surface area contributed by atoms with Gasteiger partial charge >= 0.3 is 6.03 Å². The predicted octanol–water partition coefficient (Wildman–Crippen LogP) is 0.640. The van der Waals surface area contributed by atoms with E-state index in [1.54, 1.807) is 11.7 Å². The number of nitrogens with one attached hydrogen (secondary N) is 3. The lowest BCUT2D eigenvalue weighted by Gasteiger charge is -2.38. The SMILES string of the molecule is C[C@@H]1CNC[C@H](C)N1CC(=O)Nc1cccc2c(N3CCC(=O)NC3=O)nn(C)c12. The Labute approximate surface area is 174 Å². The van der Waals surface area contributed by atoms with Crippen molar-refractivity contribution in [2.45, 2.75) is 32.4 Å². The van der Waals surface area contributed by atoms with Crippen molar-refractivity contribution >= 4 is 40.3 Å². The quantitative estimate of drug-likeness (QED) is 0.678. The second-order valence-corrected chi connectivity index (χ2v) is 7.98. The molecule has 4 amide bonds. The minimum atomic E-state index is -0.484. The number of benzene rings is 1. The zero-order valence-corrected chi connectivity index (χ0v) is 17.4. The fourth-order valence-corrected chi connectivity index (χ4v) is 4.22. The molecule has 2 aliphatic heterocycles. The molecule has 3 N–H and O–H groups in total. The standard InChI is InChI=1S/C20H27N7O3/c1-12-9-21-10-13(2)27(12)11-17(29)22-15-6-4-5-14-18(15)25(3)24-19(14)26-8-7-16(28)23-20(26)30/h4-6,12-13,21H,7-11H2,1-3H3,(H,22,29)(H,23,28,30)/t12-,13+. The molecule has 2 aromatic rings. The summed E-state index contributed by atoms with van der Waals surface area (Å²) in [7, 11) is 1.77. The number of imide groups is 1. The van der Waals surface area contributed by atoms with Gasteiger partial charge in [-0.05, 0) is 26.0 Å². The summed E-state index contributed by atoms with van der Waals surface area (Å²) >= 11 is 0. The molecular formula is C20H27N7O3.